The van der Waals surface area contributed by atoms with E-state index in [1.165, 1.54) is 14.2 Å². The molecular formula is C11H17NO3S. The number of sulfonamides is 1. The molecule has 90 valence electrons. The molecule has 0 saturated carbocycles. The molecule has 0 saturated heterocycles. The van der Waals surface area contributed by atoms with Gasteiger partial charge in [-0.05, 0) is 30.7 Å². The second kappa shape index (κ2) is 4.84. The van der Waals surface area contributed by atoms with Crippen molar-refractivity contribution in [3.8, 4) is 5.75 Å². The molecule has 16 heavy (non-hydrogen) atoms. The van der Waals surface area contributed by atoms with Crippen molar-refractivity contribution in [2.45, 2.75) is 24.7 Å². The topological polar surface area (TPSA) is 55.4 Å². The predicted molar refractivity (Wildman–Crippen MR) is 63.3 cm³/mol. The van der Waals surface area contributed by atoms with Gasteiger partial charge in [-0.15, -0.1) is 0 Å². The number of ether oxygens (including phenoxy) is 1. The summed E-state index contributed by atoms with van der Waals surface area (Å²) in [7, 11) is -0.629. The smallest absolute Gasteiger partial charge is 0.244 e. The third-order valence-electron chi connectivity index (χ3n) is 2.41. The SMILES string of the molecule is CNS(=O)(=O)c1cc(C(C)C)ccc1OC. The standard InChI is InChI=1S/C11H17NO3S/c1-8(2)9-5-6-10(15-4)11(7-9)16(13,14)12-3/h5-8,12H,1-4H3. The highest BCUT2D eigenvalue weighted by molar-refractivity contribution is 7.89. The Morgan fingerprint density at radius 3 is 2.38 bits per heavy atom. The molecule has 1 N–H and O–H groups in total. The maximum Gasteiger partial charge on any atom is 0.244 e. The van der Waals surface area contributed by atoms with Crippen molar-refractivity contribution < 1.29 is 13.2 Å². The summed E-state index contributed by atoms with van der Waals surface area (Å²) in [5, 5.41) is 0. The third-order valence-corrected chi connectivity index (χ3v) is 3.85. The van der Waals surface area contributed by atoms with Crippen LogP contribution in [0.4, 0.5) is 0 Å². The Bertz CT molecular complexity index is 466. The van der Waals surface area contributed by atoms with Gasteiger partial charge in [0.25, 0.3) is 0 Å². The predicted octanol–water partition coefficient (Wildman–Crippen LogP) is 1.73. The number of rotatable bonds is 4. The monoisotopic (exact) mass is 243 g/mol. The van der Waals surface area contributed by atoms with Crippen LogP contribution in [0.1, 0.15) is 25.3 Å². The molecule has 1 aromatic carbocycles. The zero-order valence-corrected chi connectivity index (χ0v) is 10.8. The first-order chi connectivity index (χ1) is 7.42. The molecule has 0 fully saturated rings. The molecule has 0 unspecified atom stereocenters. The van der Waals surface area contributed by atoms with Crippen LogP contribution < -0.4 is 9.46 Å². The first-order valence-electron chi connectivity index (χ1n) is 5.04. The Hall–Kier alpha value is -1.07. The van der Waals surface area contributed by atoms with Gasteiger partial charge in [-0.1, -0.05) is 19.9 Å². The molecule has 0 atom stereocenters. The Kier molecular flexibility index (Phi) is 3.93. The summed E-state index contributed by atoms with van der Waals surface area (Å²) in [4.78, 5) is 0.184. The van der Waals surface area contributed by atoms with Crippen LogP contribution in [-0.2, 0) is 10.0 Å². The second-order valence-electron chi connectivity index (χ2n) is 3.77. The number of nitrogens with one attached hydrogen (secondary N) is 1. The lowest BCUT2D eigenvalue weighted by molar-refractivity contribution is 0.402. The lowest BCUT2D eigenvalue weighted by atomic mass is 10.0. The van der Waals surface area contributed by atoms with Crippen LogP contribution in [0.25, 0.3) is 0 Å². The molecule has 4 nitrogen and oxygen atoms in total. The van der Waals surface area contributed by atoms with Crippen molar-refractivity contribution in [3.63, 3.8) is 0 Å². The average molecular weight is 243 g/mol. The van der Waals surface area contributed by atoms with Gasteiger partial charge in [0.1, 0.15) is 10.6 Å². The maximum atomic E-state index is 11.8. The fourth-order valence-electron chi connectivity index (χ4n) is 1.37. The summed E-state index contributed by atoms with van der Waals surface area (Å²) in [5.74, 6) is 0.635. The second-order valence-corrected chi connectivity index (χ2v) is 5.63. The number of benzene rings is 1. The van der Waals surface area contributed by atoms with Crippen molar-refractivity contribution in [1.29, 1.82) is 0 Å². The van der Waals surface area contributed by atoms with Crippen LogP contribution in [0, 0.1) is 0 Å². The lowest BCUT2D eigenvalue weighted by Crippen LogP contribution is -2.19. The van der Waals surface area contributed by atoms with Crippen molar-refractivity contribution >= 4 is 10.0 Å². The fourth-order valence-corrected chi connectivity index (χ4v) is 2.30. The Balaban J connectivity index is 3.39. The summed E-state index contributed by atoms with van der Waals surface area (Å²) in [6.07, 6.45) is 0. The fraction of sp³-hybridized carbons (Fsp3) is 0.455. The minimum Gasteiger partial charge on any atom is -0.495 e. The van der Waals surface area contributed by atoms with Gasteiger partial charge < -0.3 is 4.74 Å². The van der Waals surface area contributed by atoms with Crippen molar-refractivity contribution in [2.24, 2.45) is 0 Å². The van der Waals surface area contributed by atoms with E-state index in [2.05, 4.69) is 4.72 Å². The molecule has 5 heteroatoms. The van der Waals surface area contributed by atoms with Crippen molar-refractivity contribution in [1.82, 2.24) is 4.72 Å². The van der Waals surface area contributed by atoms with Crippen LogP contribution in [0.3, 0.4) is 0 Å². The normalized spacial score (nSPS) is 11.8. The van der Waals surface area contributed by atoms with E-state index in [-0.39, 0.29) is 10.8 Å². The van der Waals surface area contributed by atoms with E-state index >= 15 is 0 Å². The van der Waals surface area contributed by atoms with Gasteiger partial charge in [0.15, 0.2) is 0 Å². The summed E-state index contributed by atoms with van der Waals surface area (Å²) in [6.45, 7) is 4.02. The van der Waals surface area contributed by atoms with Crippen LogP contribution in [0.5, 0.6) is 5.75 Å². The van der Waals surface area contributed by atoms with E-state index in [0.717, 1.165) is 5.56 Å². The molecule has 0 radical (unpaired) electrons. The van der Waals surface area contributed by atoms with Crippen LogP contribution >= 0.6 is 0 Å². The zero-order valence-electron chi connectivity index (χ0n) is 9.94. The minimum absolute atomic E-state index is 0.184. The summed E-state index contributed by atoms with van der Waals surface area (Å²) in [5.41, 5.74) is 0.967. The van der Waals surface area contributed by atoms with Crippen LogP contribution in [0.2, 0.25) is 0 Å². The van der Waals surface area contributed by atoms with Crippen LogP contribution in [-0.4, -0.2) is 22.6 Å². The molecule has 1 aromatic rings. The summed E-state index contributed by atoms with van der Waals surface area (Å²) >= 11 is 0. The molecule has 0 spiro atoms. The first kappa shape index (κ1) is 13.0. The van der Waals surface area contributed by atoms with Gasteiger partial charge in [0, 0.05) is 0 Å². The number of hydrogen-bond acceptors (Lipinski definition) is 3. The summed E-state index contributed by atoms with van der Waals surface area (Å²) < 4.78 is 30.9. The molecular weight excluding hydrogens is 226 g/mol. The molecule has 0 aromatic heterocycles. The largest absolute Gasteiger partial charge is 0.495 e. The van der Waals surface area contributed by atoms with Gasteiger partial charge in [-0.2, -0.15) is 0 Å². The molecule has 0 aliphatic heterocycles. The van der Waals surface area contributed by atoms with E-state index < -0.39 is 10.0 Å². The lowest BCUT2D eigenvalue weighted by Gasteiger charge is -2.12. The maximum absolute atomic E-state index is 11.8. The molecule has 0 amide bonds. The van der Waals surface area contributed by atoms with Gasteiger partial charge in [0.05, 0.1) is 7.11 Å². The van der Waals surface area contributed by atoms with Crippen molar-refractivity contribution in [3.05, 3.63) is 23.8 Å². The highest BCUT2D eigenvalue weighted by atomic mass is 32.2. The van der Waals surface area contributed by atoms with E-state index in [4.69, 9.17) is 4.74 Å². The average Bonchev–Trinajstić information content (AvgIpc) is 2.28. The number of hydrogen-bond donors (Lipinski definition) is 1. The zero-order chi connectivity index (χ0) is 12.3. The molecule has 0 bridgehead atoms. The minimum atomic E-state index is -3.47. The van der Waals surface area contributed by atoms with E-state index in [1.54, 1.807) is 12.1 Å². The van der Waals surface area contributed by atoms with E-state index in [0.29, 0.717) is 5.75 Å². The highest BCUT2D eigenvalue weighted by Crippen LogP contribution is 2.27. The van der Waals surface area contributed by atoms with Gasteiger partial charge in [-0.25, -0.2) is 13.1 Å². The molecule has 1 rings (SSSR count). The number of methoxy groups -OCH3 is 1. The molecule has 0 aliphatic carbocycles. The Morgan fingerprint density at radius 2 is 1.94 bits per heavy atom. The highest BCUT2D eigenvalue weighted by Gasteiger charge is 2.18. The van der Waals surface area contributed by atoms with Gasteiger partial charge in [-0.3, -0.25) is 0 Å². The van der Waals surface area contributed by atoms with E-state index in [9.17, 15) is 8.42 Å². The van der Waals surface area contributed by atoms with E-state index in [1.807, 2.05) is 19.9 Å². The molecule has 0 aliphatic rings. The third kappa shape index (κ3) is 2.54. The first-order valence-corrected chi connectivity index (χ1v) is 6.52. The molecule has 0 heterocycles. The Morgan fingerprint density at radius 1 is 1.31 bits per heavy atom. The Labute approximate surface area is 96.7 Å². The summed E-state index contributed by atoms with van der Waals surface area (Å²) in [6, 6.07) is 5.20. The van der Waals surface area contributed by atoms with Gasteiger partial charge in [0.2, 0.25) is 10.0 Å². The van der Waals surface area contributed by atoms with Gasteiger partial charge >= 0.3 is 0 Å². The quantitative estimate of drug-likeness (QED) is 0.876. The van der Waals surface area contributed by atoms with Crippen molar-refractivity contribution in [2.75, 3.05) is 14.2 Å². The van der Waals surface area contributed by atoms with Crippen LogP contribution in [0.15, 0.2) is 23.1 Å².